The van der Waals surface area contributed by atoms with Gasteiger partial charge in [0.25, 0.3) is 5.91 Å². The second kappa shape index (κ2) is 6.49. The van der Waals surface area contributed by atoms with Gasteiger partial charge in [0.15, 0.2) is 0 Å². The molecule has 1 amide bonds. The summed E-state index contributed by atoms with van der Waals surface area (Å²) in [6.07, 6.45) is 1.58. The van der Waals surface area contributed by atoms with Crippen molar-refractivity contribution in [2.45, 2.75) is 6.92 Å². The second-order valence-corrected chi connectivity index (χ2v) is 5.09. The van der Waals surface area contributed by atoms with E-state index < -0.39 is 5.97 Å². The van der Waals surface area contributed by atoms with Crippen molar-refractivity contribution in [3.63, 3.8) is 0 Å². The number of esters is 1. The highest BCUT2D eigenvalue weighted by Gasteiger charge is 2.16. The highest BCUT2D eigenvalue weighted by atomic mass is 79.9. The average Bonchev–Trinajstić information content (AvgIpc) is 2.48. The molecule has 0 aliphatic rings. The number of nitrogens with zero attached hydrogens (tertiary/aromatic N) is 1. The highest BCUT2D eigenvalue weighted by Crippen LogP contribution is 2.21. The maximum atomic E-state index is 12.2. The topological polar surface area (TPSA) is 68.3 Å². The quantitative estimate of drug-likeness (QED) is 0.683. The number of aromatic nitrogens is 1. The lowest BCUT2D eigenvalue weighted by Gasteiger charge is -2.11. The van der Waals surface area contributed by atoms with Gasteiger partial charge in [-0.05, 0) is 47.1 Å². The third-order valence-corrected chi connectivity index (χ3v) is 3.46. The van der Waals surface area contributed by atoms with Gasteiger partial charge < -0.3 is 10.1 Å². The van der Waals surface area contributed by atoms with Crippen LogP contribution in [0.4, 0.5) is 5.69 Å². The Morgan fingerprint density at radius 2 is 2.00 bits per heavy atom. The molecule has 6 heteroatoms. The zero-order valence-electron chi connectivity index (χ0n) is 11.5. The molecule has 0 fully saturated rings. The van der Waals surface area contributed by atoms with Gasteiger partial charge >= 0.3 is 5.97 Å². The molecular weight excluding hydrogens is 336 g/mol. The molecule has 0 saturated heterocycles. The maximum absolute atomic E-state index is 12.2. The Morgan fingerprint density at radius 1 is 1.24 bits per heavy atom. The molecule has 0 aliphatic carbocycles. The standard InChI is InChI=1S/C15H13BrN2O3/c1-9-5-6-12(11(8-9)15(20)21-2)18-14(19)10-4-3-7-17-13(10)16/h3-8H,1-2H3,(H,18,19). The van der Waals surface area contributed by atoms with Crippen molar-refractivity contribution < 1.29 is 14.3 Å². The second-order valence-electron chi connectivity index (χ2n) is 4.34. The molecule has 0 bridgehead atoms. The van der Waals surface area contributed by atoms with Crippen LogP contribution in [0.15, 0.2) is 41.1 Å². The molecule has 0 unspecified atom stereocenters. The average molecular weight is 349 g/mol. The third-order valence-electron chi connectivity index (χ3n) is 2.83. The minimum absolute atomic E-state index is 0.311. The molecule has 0 radical (unpaired) electrons. The lowest BCUT2D eigenvalue weighted by molar-refractivity contribution is 0.0602. The Labute approximate surface area is 130 Å². The minimum atomic E-state index is -0.501. The summed E-state index contributed by atoms with van der Waals surface area (Å²) in [5.74, 6) is -0.858. The first kappa shape index (κ1) is 15.2. The van der Waals surface area contributed by atoms with E-state index in [1.165, 1.54) is 7.11 Å². The normalized spacial score (nSPS) is 10.0. The van der Waals surface area contributed by atoms with Gasteiger partial charge in [0.2, 0.25) is 0 Å². The van der Waals surface area contributed by atoms with Gasteiger partial charge in [0.1, 0.15) is 4.60 Å². The summed E-state index contributed by atoms with van der Waals surface area (Å²) >= 11 is 3.22. The van der Waals surface area contributed by atoms with Crippen LogP contribution in [0.1, 0.15) is 26.3 Å². The summed E-state index contributed by atoms with van der Waals surface area (Å²) in [5.41, 5.74) is 1.99. The first-order valence-corrected chi connectivity index (χ1v) is 6.93. The lowest BCUT2D eigenvalue weighted by Crippen LogP contribution is -2.16. The van der Waals surface area contributed by atoms with Crippen molar-refractivity contribution in [1.29, 1.82) is 0 Å². The van der Waals surface area contributed by atoms with Crippen molar-refractivity contribution in [2.24, 2.45) is 0 Å². The molecule has 0 spiro atoms. The fourth-order valence-corrected chi connectivity index (χ4v) is 2.22. The molecule has 5 nitrogen and oxygen atoms in total. The van der Waals surface area contributed by atoms with Crippen molar-refractivity contribution in [3.8, 4) is 0 Å². The van der Waals surface area contributed by atoms with E-state index in [0.29, 0.717) is 21.4 Å². The number of ether oxygens (including phenoxy) is 1. The van der Waals surface area contributed by atoms with E-state index in [1.807, 2.05) is 6.92 Å². The highest BCUT2D eigenvalue weighted by molar-refractivity contribution is 9.10. The van der Waals surface area contributed by atoms with Gasteiger partial charge in [0.05, 0.1) is 23.9 Å². The first-order chi connectivity index (χ1) is 10.0. The smallest absolute Gasteiger partial charge is 0.339 e. The molecule has 1 aromatic carbocycles. The van der Waals surface area contributed by atoms with Crippen LogP contribution in [0.3, 0.4) is 0 Å². The van der Waals surface area contributed by atoms with Crippen LogP contribution >= 0.6 is 15.9 Å². The van der Waals surface area contributed by atoms with Crippen LogP contribution in [-0.4, -0.2) is 24.0 Å². The van der Waals surface area contributed by atoms with E-state index in [1.54, 1.807) is 36.5 Å². The summed E-state index contributed by atoms with van der Waals surface area (Å²) in [6.45, 7) is 1.86. The zero-order valence-corrected chi connectivity index (χ0v) is 13.1. The molecule has 1 aromatic heterocycles. The number of rotatable bonds is 3. The molecular formula is C15H13BrN2O3. The maximum Gasteiger partial charge on any atom is 0.339 e. The van der Waals surface area contributed by atoms with Gasteiger partial charge in [-0.1, -0.05) is 11.6 Å². The van der Waals surface area contributed by atoms with Crippen LogP contribution in [0.2, 0.25) is 0 Å². The van der Waals surface area contributed by atoms with E-state index in [0.717, 1.165) is 5.56 Å². The number of methoxy groups -OCH3 is 1. The number of amides is 1. The van der Waals surface area contributed by atoms with Gasteiger partial charge in [-0.3, -0.25) is 4.79 Å². The Bertz CT molecular complexity index is 701. The molecule has 1 N–H and O–H groups in total. The number of benzene rings is 1. The van der Waals surface area contributed by atoms with Crippen molar-refractivity contribution >= 4 is 33.5 Å². The summed E-state index contributed by atoms with van der Waals surface area (Å²) in [4.78, 5) is 28.0. The molecule has 108 valence electrons. The summed E-state index contributed by atoms with van der Waals surface area (Å²) in [6, 6.07) is 8.44. The number of carbonyl (C=O) groups is 2. The molecule has 0 saturated carbocycles. The number of nitrogens with one attached hydrogen (secondary N) is 1. The fraction of sp³-hybridized carbons (Fsp3) is 0.133. The number of halogens is 1. The molecule has 1 heterocycles. The number of anilines is 1. The Morgan fingerprint density at radius 3 is 2.67 bits per heavy atom. The summed E-state index contributed by atoms with van der Waals surface area (Å²) < 4.78 is 5.17. The Kier molecular flexibility index (Phi) is 4.70. The van der Waals surface area contributed by atoms with Crippen LogP contribution in [0.25, 0.3) is 0 Å². The Hall–Kier alpha value is -2.21. The fourth-order valence-electron chi connectivity index (χ4n) is 1.79. The van der Waals surface area contributed by atoms with E-state index in [-0.39, 0.29) is 5.91 Å². The van der Waals surface area contributed by atoms with Crippen LogP contribution < -0.4 is 5.32 Å². The van der Waals surface area contributed by atoms with Gasteiger partial charge in [0, 0.05) is 6.20 Å². The van der Waals surface area contributed by atoms with Crippen molar-refractivity contribution in [3.05, 3.63) is 57.8 Å². The molecule has 2 rings (SSSR count). The van der Waals surface area contributed by atoms with E-state index in [4.69, 9.17) is 4.74 Å². The van der Waals surface area contributed by atoms with E-state index >= 15 is 0 Å². The minimum Gasteiger partial charge on any atom is -0.465 e. The Balaban J connectivity index is 2.34. The zero-order chi connectivity index (χ0) is 15.4. The molecule has 2 aromatic rings. The number of carbonyl (C=O) groups excluding carboxylic acids is 2. The monoisotopic (exact) mass is 348 g/mol. The third kappa shape index (κ3) is 3.46. The van der Waals surface area contributed by atoms with Crippen LogP contribution in [0, 0.1) is 6.92 Å². The van der Waals surface area contributed by atoms with Crippen LogP contribution in [0.5, 0.6) is 0 Å². The molecule has 0 aliphatic heterocycles. The van der Waals surface area contributed by atoms with Gasteiger partial charge in [-0.2, -0.15) is 0 Å². The van der Waals surface area contributed by atoms with Gasteiger partial charge in [-0.15, -0.1) is 0 Å². The molecule has 0 atom stereocenters. The van der Waals surface area contributed by atoms with Crippen LogP contribution in [-0.2, 0) is 4.74 Å². The number of pyridine rings is 1. The number of aryl methyl sites for hydroxylation is 1. The van der Waals surface area contributed by atoms with E-state index in [2.05, 4.69) is 26.2 Å². The lowest BCUT2D eigenvalue weighted by atomic mass is 10.1. The first-order valence-electron chi connectivity index (χ1n) is 6.13. The molecule has 21 heavy (non-hydrogen) atoms. The van der Waals surface area contributed by atoms with Gasteiger partial charge in [-0.25, -0.2) is 9.78 Å². The predicted octanol–water partition coefficient (Wildman–Crippen LogP) is 3.19. The number of hydrogen-bond acceptors (Lipinski definition) is 4. The number of hydrogen-bond donors (Lipinski definition) is 1. The summed E-state index contributed by atoms with van der Waals surface area (Å²) in [7, 11) is 1.30. The SMILES string of the molecule is COC(=O)c1cc(C)ccc1NC(=O)c1cccnc1Br. The van der Waals surface area contributed by atoms with Crippen molar-refractivity contribution in [2.75, 3.05) is 12.4 Å². The largest absolute Gasteiger partial charge is 0.465 e. The summed E-state index contributed by atoms with van der Waals surface area (Å²) in [5, 5.41) is 2.70. The predicted molar refractivity (Wildman–Crippen MR) is 82.4 cm³/mol. The van der Waals surface area contributed by atoms with E-state index in [9.17, 15) is 9.59 Å². The van der Waals surface area contributed by atoms with Crippen molar-refractivity contribution in [1.82, 2.24) is 4.98 Å².